The molecule has 1 aromatic heterocycles. The Kier molecular flexibility index (Phi) is 4.43. The van der Waals surface area contributed by atoms with Gasteiger partial charge < -0.3 is 5.73 Å². The van der Waals surface area contributed by atoms with Crippen molar-refractivity contribution in [2.75, 3.05) is 12.8 Å². The third-order valence-corrected chi connectivity index (χ3v) is 4.42. The molecule has 0 aliphatic rings. The van der Waals surface area contributed by atoms with Crippen LogP contribution in [0.5, 0.6) is 0 Å². The van der Waals surface area contributed by atoms with Crippen LogP contribution in [0.1, 0.15) is 16.7 Å². The van der Waals surface area contributed by atoms with E-state index in [0.717, 1.165) is 24.3 Å². The Balaban J connectivity index is 1.98. The number of thiophene rings is 1. The summed E-state index contributed by atoms with van der Waals surface area (Å²) >= 11 is 5.22. The molecule has 2 rings (SSSR count). The van der Waals surface area contributed by atoms with Crippen LogP contribution in [0.2, 0.25) is 0 Å². The van der Waals surface area contributed by atoms with Crippen molar-refractivity contribution in [3.8, 4) is 0 Å². The van der Waals surface area contributed by atoms with Gasteiger partial charge in [0.25, 0.3) is 0 Å². The van der Waals surface area contributed by atoms with Crippen molar-refractivity contribution < 1.29 is 0 Å². The first-order valence-electron chi connectivity index (χ1n) is 5.81. The fourth-order valence-electron chi connectivity index (χ4n) is 1.90. The van der Waals surface area contributed by atoms with Gasteiger partial charge in [0.05, 0.1) is 3.79 Å². The van der Waals surface area contributed by atoms with E-state index in [9.17, 15) is 0 Å². The van der Waals surface area contributed by atoms with Crippen LogP contribution in [-0.2, 0) is 13.1 Å². The summed E-state index contributed by atoms with van der Waals surface area (Å²) in [5.74, 6) is 0. The van der Waals surface area contributed by atoms with Crippen LogP contribution >= 0.6 is 27.3 Å². The molecule has 0 bridgehead atoms. The number of anilines is 1. The van der Waals surface area contributed by atoms with Crippen molar-refractivity contribution in [3.63, 3.8) is 0 Å². The van der Waals surface area contributed by atoms with Crippen LogP contribution in [0.15, 0.2) is 33.4 Å². The van der Waals surface area contributed by atoms with Gasteiger partial charge in [-0.15, -0.1) is 11.3 Å². The molecule has 0 spiro atoms. The quantitative estimate of drug-likeness (QED) is 0.860. The second-order valence-corrected chi connectivity index (χ2v) is 6.91. The molecule has 1 aromatic carbocycles. The normalized spacial score (nSPS) is 11.1. The minimum Gasteiger partial charge on any atom is -0.399 e. The largest absolute Gasteiger partial charge is 0.399 e. The zero-order valence-corrected chi connectivity index (χ0v) is 13.0. The number of hydrogen-bond donors (Lipinski definition) is 1. The Labute approximate surface area is 121 Å². The molecule has 0 amide bonds. The van der Waals surface area contributed by atoms with Crippen LogP contribution in [0, 0.1) is 6.92 Å². The number of benzene rings is 1. The summed E-state index contributed by atoms with van der Waals surface area (Å²) in [6, 6.07) is 8.46. The lowest BCUT2D eigenvalue weighted by Crippen LogP contribution is -2.16. The lowest BCUT2D eigenvalue weighted by Gasteiger charge is -2.16. The van der Waals surface area contributed by atoms with E-state index in [1.165, 1.54) is 14.9 Å². The summed E-state index contributed by atoms with van der Waals surface area (Å²) in [5, 5.41) is 2.18. The maximum Gasteiger partial charge on any atom is 0.0701 e. The van der Waals surface area contributed by atoms with E-state index in [2.05, 4.69) is 57.5 Å². The Morgan fingerprint density at radius 2 is 1.94 bits per heavy atom. The summed E-state index contributed by atoms with van der Waals surface area (Å²) in [7, 11) is 2.13. The van der Waals surface area contributed by atoms with Gasteiger partial charge in [0.15, 0.2) is 0 Å². The number of nitrogens with two attached hydrogens (primary N) is 1. The van der Waals surface area contributed by atoms with E-state index in [0.29, 0.717) is 0 Å². The van der Waals surface area contributed by atoms with Crippen molar-refractivity contribution in [1.82, 2.24) is 4.90 Å². The van der Waals surface area contributed by atoms with Crippen LogP contribution in [0.3, 0.4) is 0 Å². The standard InChI is InChI=1S/C14H17BrN2S/c1-10-3-4-11(5-13(10)16)7-17(2)8-12-6-14(15)18-9-12/h3-6,9H,7-8,16H2,1-2H3. The molecule has 0 unspecified atom stereocenters. The highest BCUT2D eigenvalue weighted by Crippen LogP contribution is 2.22. The van der Waals surface area contributed by atoms with Gasteiger partial charge in [0.1, 0.15) is 0 Å². The van der Waals surface area contributed by atoms with Gasteiger partial charge in [-0.3, -0.25) is 4.90 Å². The second-order valence-electron chi connectivity index (χ2n) is 4.62. The lowest BCUT2D eigenvalue weighted by molar-refractivity contribution is 0.319. The molecule has 4 heteroatoms. The predicted octanol–water partition coefficient (Wildman–Crippen LogP) is 4.03. The molecule has 2 N–H and O–H groups in total. The molecule has 0 atom stereocenters. The highest BCUT2D eigenvalue weighted by Gasteiger charge is 2.04. The molecule has 0 fully saturated rings. The molecule has 1 heterocycles. The summed E-state index contributed by atoms with van der Waals surface area (Å²) in [6.07, 6.45) is 0. The van der Waals surface area contributed by atoms with Gasteiger partial charge in [0, 0.05) is 18.8 Å². The number of nitrogens with zero attached hydrogens (tertiary/aromatic N) is 1. The number of hydrogen-bond acceptors (Lipinski definition) is 3. The van der Waals surface area contributed by atoms with E-state index >= 15 is 0 Å². The van der Waals surface area contributed by atoms with Crippen LogP contribution in [0.25, 0.3) is 0 Å². The smallest absolute Gasteiger partial charge is 0.0701 e. The number of aryl methyl sites for hydroxylation is 1. The van der Waals surface area contributed by atoms with Gasteiger partial charge in [-0.2, -0.15) is 0 Å². The summed E-state index contributed by atoms with van der Waals surface area (Å²) in [5.41, 5.74) is 10.5. The highest BCUT2D eigenvalue weighted by atomic mass is 79.9. The van der Waals surface area contributed by atoms with Gasteiger partial charge in [0.2, 0.25) is 0 Å². The molecule has 2 nitrogen and oxygen atoms in total. The first-order chi connectivity index (χ1) is 8.54. The monoisotopic (exact) mass is 324 g/mol. The maximum absolute atomic E-state index is 5.93. The van der Waals surface area contributed by atoms with Crippen molar-refractivity contribution >= 4 is 33.0 Å². The molecular formula is C14H17BrN2S. The Hall–Kier alpha value is -0.840. The minimum atomic E-state index is 0.874. The van der Waals surface area contributed by atoms with E-state index in [1.807, 2.05) is 6.92 Å². The van der Waals surface area contributed by atoms with Crippen LogP contribution in [-0.4, -0.2) is 11.9 Å². The zero-order valence-electron chi connectivity index (χ0n) is 10.6. The molecule has 18 heavy (non-hydrogen) atoms. The molecule has 0 radical (unpaired) electrons. The van der Waals surface area contributed by atoms with Crippen molar-refractivity contribution in [3.05, 3.63) is 50.1 Å². The first kappa shape index (κ1) is 13.6. The Morgan fingerprint density at radius 3 is 2.56 bits per heavy atom. The van der Waals surface area contributed by atoms with E-state index in [1.54, 1.807) is 11.3 Å². The fraction of sp³-hybridized carbons (Fsp3) is 0.286. The fourth-order valence-corrected chi connectivity index (χ4v) is 3.10. The van der Waals surface area contributed by atoms with Crippen LogP contribution < -0.4 is 5.73 Å². The van der Waals surface area contributed by atoms with Gasteiger partial charge in [-0.05, 0) is 64.1 Å². The van der Waals surface area contributed by atoms with Crippen molar-refractivity contribution in [1.29, 1.82) is 0 Å². The van der Waals surface area contributed by atoms with E-state index < -0.39 is 0 Å². The summed E-state index contributed by atoms with van der Waals surface area (Å²) in [4.78, 5) is 2.29. The molecule has 96 valence electrons. The zero-order chi connectivity index (χ0) is 13.1. The molecular weight excluding hydrogens is 308 g/mol. The molecule has 2 aromatic rings. The van der Waals surface area contributed by atoms with Gasteiger partial charge in [-0.1, -0.05) is 12.1 Å². The topological polar surface area (TPSA) is 29.3 Å². The SMILES string of the molecule is Cc1ccc(CN(C)Cc2csc(Br)c2)cc1N. The van der Waals surface area contributed by atoms with Crippen molar-refractivity contribution in [2.24, 2.45) is 0 Å². The predicted molar refractivity (Wildman–Crippen MR) is 82.8 cm³/mol. The van der Waals surface area contributed by atoms with E-state index in [-0.39, 0.29) is 0 Å². The van der Waals surface area contributed by atoms with Crippen molar-refractivity contribution in [2.45, 2.75) is 20.0 Å². The van der Waals surface area contributed by atoms with E-state index in [4.69, 9.17) is 5.73 Å². The highest BCUT2D eigenvalue weighted by molar-refractivity contribution is 9.11. The third kappa shape index (κ3) is 3.57. The average Bonchev–Trinajstić information content (AvgIpc) is 2.69. The number of halogens is 1. The Bertz CT molecular complexity index is 536. The molecule has 0 saturated heterocycles. The number of rotatable bonds is 4. The molecule has 0 aliphatic heterocycles. The molecule has 0 aliphatic carbocycles. The average molecular weight is 325 g/mol. The first-order valence-corrected chi connectivity index (χ1v) is 7.48. The number of nitrogen functional groups attached to an aromatic ring is 1. The summed E-state index contributed by atoms with van der Waals surface area (Å²) in [6.45, 7) is 3.90. The second kappa shape index (κ2) is 5.87. The molecule has 0 saturated carbocycles. The third-order valence-electron chi connectivity index (χ3n) is 2.87. The van der Waals surface area contributed by atoms with Gasteiger partial charge in [-0.25, -0.2) is 0 Å². The van der Waals surface area contributed by atoms with Gasteiger partial charge >= 0.3 is 0 Å². The Morgan fingerprint density at radius 1 is 1.22 bits per heavy atom. The maximum atomic E-state index is 5.93. The summed E-state index contributed by atoms with van der Waals surface area (Å²) < 4.78 is 1.19. The minimum absolute atomic E-state index is 0.874. The van der Waals surface area contributed by atoms with Crippen LogP contribution in [0.4, 0.5) is 5.69 Å². The lowest BCUT2D eigenvalue weighted by atomic mass is 10.1.